The summed E-state index contributed by atoms with van der Waals surface area (Å²) < 4.78 is 5.41. The van der Waals surface area contributed by atoms with Gasteiger partial charge >= 0.3 is 5.97 Å². The van der Waals surface area contributed by atoms with Gasteiger partial charge in [0.2, 0.25) is 0 Å². The second kappa shape index (κ2) is 6.53. The van der Waals surface area contributed by atoms with Crippen LogP contribution in [0.4, 0.5) is 0 Å². The monoisotopic (exact) mass is 255 g/mol. The molecule has 1 saturated heterocycles. The molecule has 0 radical (unpaired) electrons. The molecule has 2 aliphatic rings. The number of aliphatic carboxylic acids is 1. The van der Waals surface area contributed by atoms with E-state index in [0.717, 1.165) is 19.3 Å². The van der Waals surface area contributed by atoms with Crippen LogP contribution in [0.1, 0.15) is 57.8 Å². The smallest absolute Gasteiger partial charge is 0.323 e. The van der Waals surface area contributed by atoms with Crippen molar-refractivity contribution in [3.8, 4) is 0 Å². The number of nitrogens with one attached hydrogen (secondary N) is 1. The topological polar surface area (TPSA) is 58.6 Å². The van der Waals surface area contributed by atoms with Gasteiger partial charge in [-0.15, -0.1) is 0 Å². The van der Waals surface area contributed by atoms with Crippen LogP contribution in [-0.4, -0.2) is 35.9 Å². The molecule has 2 N–H and O–H groups in total. The van der Waals surface area contributed by atoms with Gasteiger partial charge in [0.25, 0.3) is 0 Å². The van der Waals surface area contributed by atoms with Crippen LogP contribution in [0, 0.1) is 0 Å². The minimum absolute atomic E-state index is 0.377. The predicted octanol–water partition coefficient (Wildman–Crippen LogP) is 2.32. The van der Waals surface area contributed by atoms with Crippen LogP contribution in [-0.2, 0) is 9.53 Å². The zero-order chi connectivity index (χ0) is 12.8. The average Bonchev–Trinajstić information content (AvgIpc) is 2.73. The summed E-state index contributed by atoms with van der Waals surface area (Å²) in [5.74, 6) is -0.697. The second-order valence-corrected chi connectivity index (χ2v) is 5.69. The van der Waals surface area contributed by atoms with Crippen molar-refractivity contribution in [1.82, 2.24) is 5.32 Å². The first-order valence-electron chi connectivity index (χ1n) is 7.32. The highest BCUT2D eigenvalue weighted by atomic mass is 16.5. The number of hydrogen-bond donors (Lipinski definition) is 2. The van der Waals surface area contributed by atoms with Gasteiger partial charge in [0.05, 0.1) is 0 Å². The fraction of sp³-hybridized carbons (Fsp3) is 0.929. The molecule has 1 aliphatic heterocycles. The van der Waals surface area contributed by atoms with Crippen molar-refractivity contribution in [2.75, 3.05) is 13.2 Å². The SMILES string of the molecule is O=C(O)C1(NC2CCCCCC2)CCCOCC1. The van der Waals surface area contributed by atoms with Crippen LogP contribution in [0.5, 0.6) is 0 Å². The molecule has 1 heterocycles. The highest BCUT2D eigenvalue weighted by Crippen LogP contribution is 2.26. The first kappa shape index (κ1) is 13.8. The summed E-state index contributed by atoms with van der Waals surface area (Å²) in [7, 11) is 0. The minimum atomic E-state index is -0.745. The van der Waals surface area contributed by atoms with Gasteiger partial charge in [-0.2, -0.15) is 0 Å². The van der Waals surface area contributed by atoms with E-state index in [-0.39, 0.29) is 0 Å². The van der Waals surface area contributed by atoms with Gasteiger partial charge in [-0.25, -0.2) is 0 Å². The lowest BCUT2D eigenvalue weighted by Crippen LogP contribution is -2.56. The number of carbonyl (C=O) groups is 1. The highest BCUT2D eigenvalue weighted by molar-refractivity contribution is 5.78. The molecule has 2 rings (SSSR count). The number of ether oxygens (including phenoxy) is 1. The maximum absolute atomic E-state index is 11.7. The molecule has 0 spiro atoms. The molecular weight excluding hydrogens is 230 g/mol. The normalized spacial score (nSPS) is 31.6. The Bertz CT molecular complexity index is 264. The fourth-order valence-electron chi connectivity index (χ4n) is 3.18. The standard InChI is InChI=1S/C14H25NO3/c16-13(17)14(8-5-10-18-11-9-14)15-12-6-3-1-2-4-7-12/h12,15H,1-11H2,(H,16,17). The van der Waals surface area contributed by atoms with Gasteiger partial charge in [-0.3, -0.25) is 10.1 Å². The molecule has 1 unspecified atom stereocenters. The fourth-order valence-corrected chi connectivity index (χ4v) is 3.18. The third-order valence-electron chi connectivity index (χ3n) is 4.31. The largest absolute Gasteiger partial charge is 0.480 e. The van der Waals surface area contributed by atoms with Gasteiger partial charge in [0.15, 0.2) is 0 Å². The molecule has 0 bridgehead atoms. The van der Waals surface area contributed by atoms with Crippen molar-refractivity contribution in [3.63, 3.8) is 0 Å². The Morgan fingerprint density at radius 3 is 2.44 bits per heavy atom. The lowest BCUT2D eigenvalue weighted by molar-refractivity contribution is -0.146. The third-order valence-corrected chi connectivity index (χ3v) is 4.31. The Morgan fingerprint density at radius 2 is 1.78 bits per heavy atom. The molecule has 0 aromatic carbocycles. The maximum atomic E-state index is 11.7. The molecule has 0 aromatic heterocycles. The molecule has 1 aliphatic carbocycles. The first-order valence-corrected chi connectivity index (χ1v) is 7.32. The Labute approximate surface area is 109 Å². The summed E-state index contributed by atoms with van der Waals surface area (Å²) in [4.78, 5) is 11.7. The van der Waals surface area contributed by atoms with Crippen molar-refractivity contribution < 1.29 is 14.6 Å². The van der Waals surface area contributed by atoms with Crippen molar-refractivity contribution >= 4 is 5.97 Å². The van der Waals surface area contributed by atoms with Gasteiger partial charge in [-0.1, -0.05) is 25.7 Å². The first-order chi connectivity index (χ1) is 8.73. The van der Waals surface area contributed by atoms with Crippen molar-refractivity contribution in [2.45, 2.75) is 69.4 Å². The molecule has 4 nitrogen and oxygen atoms in total. The predicted molar refractivity (Wildman–Crippen MR) is 69.7 cm³/mol. The van der Waals surface area contributed by atoms with Gasteiger partial charge in [-0.05, 0) is 32.1 Å². The van der Waals surface area contributed by atoms with E-state index >= 15 is 0 Å². The van der Waals surface area contributed by atoms with E-state index in [1.807, 2.05) is 0 Å². The highest BCUT2D eigenvalue weighted by Gasteiger charge is 2.40. The lowest BCUT2D eigenvalue weighted by atomic mass is 9.88. The molecule has 2 fully saturated rings. The van der Waals surface area contributed by atoms with Gasteiger partial charge in [0.1, 0.15) is 5.54 Å². The number of carboxylic acid groups (broad SMARTS) is 1. The Morgan fingerprint density at radius 1 is 1.06 bits per heavy atom. The van der Waals surface area contributed by atoms with Crippen LogP contribution in [0.3, 0.4) is 0 Å². The van der Waals surface area contributed by atoms with Crippen molar-refractivity contribution in [1.29, 1.82) is 0 Å². The van der Waals surface area contributed by atoms with E-state index in [1.165, 1.54) is 25.7 Å². The Kier molecular flexibility index (Phi) is 5.01. The van der Waals surface area contributed by atoms with Gasteiger partial charge in [0, 0.05) is 19.3 Å². The lowest BCUT2D eigenvalue weighted by Gasteiger charge is -2.33. The third kappa shape index (κ3) is 3.45. The average molecular weight is 255 g/mol. The van der Waals surface area contributed by atoms with Crippen LogP contribution in [0.15, 0.2) is 0 Å². The Balaban J connectivity index is 2.01. The molecule has 104 valence electrons. The second-order valence-electron chi connectivity index (χ2n) is 5.69. The van der Waals surface area contributed by atoms with E-state index in [2.05, 4.69) is 5.32 Å². The van der Waals surface area contributed by atoms with E-state index in [1.54, 1.807) is 0 Å². The summed E-state index contributed by atoms with van der Waals surface area (Å²) in [5, 5.41) is 13.1. The van der Waals surface area contributed by atoms with E-state index < -0.39 is 11.5 Å². The number of carboxylic acids is 1. The molecule has 0 amide bonds. The number of rotatable bonds is 3. The summed E-state index contributed by atoms with van der Waals surface area (Å²) >= 11 is 0. The number of hydrogen-bond acceptors (Lipinski definition) is 3. The summed E-state index contributed by atoms with van der Waals surface area (Å²) in [5.41, 5.74) is -0.745. The van der Waals surface area contributed by atoms with Crippen LogP contribution in [0.2, 0.25) is 0 Å². The zero-order valence-electron chi connectivity index (χ0n) is 11.1. The molecule has 4 heteroatoms. The summed E-state index contributed by atoms with van der Waals surface area (Å²) in [6.45, 7) is 1.26. The van der Waals surface area contributed by atoms with Crippen molar-refractivity contribution in [2.24, 2.45) is 0 Å². The molecule has 1 saturated carbocycles. The maximum Gasteiger partial charge on any atom is 0.323 e. The van der Waals surface area contributed by atoms with E-state index in [9.17, 15) is 9.90 Å². The molecule has 1 atom stereocenters. The van der Waals surface area contributed by atoms with Crippen LogP contribution >= 0.6 is 0 Å². The summed E-state index contributed by atoms with van der Waals surface area (Å²) in [6.07, 6.45) is 9.41. The molecule has 18 heavy (non-hydrogen) atoms. The quantitative estimate of drug-likeness (QED) is 0.760. The minimum Gasteiger partial charge on any atom is -0.480 e. The van der Waals surface area contributed by atoms with Crippen molar-refractivity contribution in [3.05, 3.63) is 0 Å². The van der Waals surface area contributed by atoms with E-state index in [4.69, 9.17) is 4.74 Å². The van der Waals surface area contributed by atoms with Crippen LogP contribution < -0.4 is 5.32 Å². The molecule has 0 aromatic rings. The van der Waals surface area contributed by atoms with E-state index in [0.29, 0.717) is 32.1 Å². The molecular formula is C14H25NO3. The Hall–Kier alpha value is -0.610. The van der Waals surface area contributed by atoms with Gasteiger partial charge < -0.3 is 9.84 Å². The van der Waals surface area contributed by atoms with Crippen LogP contribution in [0.25, 0.3) is 0 Å². The zero-order valence-corrected chi connectivity index (χ0v) is 11.1. The summed E-state index contributed by atoms with van der Waals surface area (Å²) in [6, 6.07) is 0.377.